The molecule has 1 heterocycles. The van der Waals surface area contributed by atoms with Gasteiger partial charge in [-0.3, -0.25) is 0 Å². The van der Waals surface area contributed by atoms with Crippen LogP contribution >= 0.6 is 0 Å². The highest BCUT2D eigenvalue weighted by Crippen LogP contribution is 2.22. The van der Waals surface area contributed by atoms with Gasteiger partial charge in [0.2, 0.25) is 0 Å². The molecule has 5 heteroatoms. The van der Waals surface area contributed by atoms with Crippen LogP contribution in [0, 0.1) is 5.82 Å². The van der Waals surface area contributed by atoms with Gasteiger partial charge >= 0.3 is 0 Å². The van der Waals surface area contributed by atoms with Gasteiger partial charge in [-0.2, -0.15) is 0 Å². The molecule has 21 heavy (non-hydrogen) atoms. The van der Waals surface area contributed by atoms with Gasteiger partial charge in [0, 0.05) is 25.2 Å². The van der Waals surface area contributed by atoms with Gasteiger partial charge in [0.25, 0.3) is 0 Å². The van der Waals surface area contributed by atoms with Gasteiger partial charge in [-0.1, -0.05) is 6.07 Å². The van der Waals surface area contributed by atoms with E-state index in [0.29, 0.717) is 6.04 Å². The SMILES string of the molecule is COc1ccc(C(N)CN(C)CC2CCCN2C)cc1F. The topological polar surface area (TPSA) is 41.7 Å². The lowest BCUT2D eigenvalue weighted by Gasteiger charge is -2.27. The lowest BCUT2D eigenvalue weighted by Crippen LogP contribution is -2.39. The molecule has 0 amide bonds. The number of rotatable bonds is 6. The summed E-state index contributed by atoms with van der Waals surface area (Å²) in [6.07, 6.45) is 2.51. The fourth-order valence-electron chi connectivity index (χ4n) is 3.00. The Morgan fingerprint density at radius 3 is 2.86 bits per heavy atom. The monoisotopic (exact) mass is 295 g/mol. The summed E-state index contributed by atoms with van der Waals surface area (Å²) in [7, 11) is 5.71. The molecule has 1 aliphatic heterocycles. The zero-order valence-electron chi connectivity index (χ0n) is 13.2. The first kappa shape index (κ1) is 16.2. The molecule has 1 aromatic rings. The number of halogens is 1. The van der Waals surface area contributed by atoms with E-state index in [1.165, 1.54) is 32.6 Å². The van der Waals surface area contributed by atoms with Crippen molar-refractivity contribution < 1.29 is 9.13 Å². The molecule has 2 unspecified atom stereocenters. The molecular weight excluding hydrogens is 269 g/mol. The smallest absolute Gasteiger partial charge is 0.165 e. The molecule has 2 atom stereocenters. The van der Waals surface area contributed by atoms with Gasteiger partial charge in [0.15, 0.2) is 11.6 Å². The van der Waals surface area contributed by atoms with E-state index in [1.54, 1.807) is 6.07 Å². The number of likely N-dealkylation sites (tertiary alicyclic amines) is 1. The molecule has 0 bridgehead atoms. The number of methoxy groups -OCH3 is 1. The molecule has 1 saturated heterocycles. The van der Waals surface area contributed by atoms with Crippen LogP contribution in [0.2, 0.25) is 0 Å². The van der Waals surface area contributed by atoms with Crippen LogP contribution in [0.3, 0.4) is 0 Å². The number of nitrogens with zero attached hydrogens (tertiary/aromatic N) is 2. The Balaban J connectivity index is 1.91. The van der Waals surface area contributed by atoms with Crippen LogP contribution in [0.1, 0.15) is 24.4 Å². The first-order chi connectivity index (χ1) is 10.0. The minimum absolute atomic E-state index is 0.192. The molecule has 0 radical (unpaired) electrons. The highest BCUT2D eigenvalue weighted by molar-refractivity contribution is 5.31. The largest absolute Gasteiger partial charge is 0.494 e. The van der Waals surface area contributed by atoms with Crippen molar-refractivity contribution in [3.63, 3.8) is 0 Å². The third-order valence-corrected chi connectivity index (χ3v) is 4.31. The van der Waals surface area contributed by atoms with E-state index < -0.39 is 0 Å². The van der Waals surface area contributed by atoms with E-state index in [9.17, 15) is 4.39 Å². The predicted octanol–water partition coefficient (Wildman–Crippen LogP) is 1.86. The Kier molecular flexibility index (Phi) is 5.56. The van der Waals surface area contributed by atoms with Crippen molar-refractivity contribution >= 4 is 0 Å². The van der Waals surface area contributed by atoms with Gasteiger partial charge in [-0.15, -0.1) is 0 Å². The minimum atomic E-state index is -0.358. The standard InChI is InChI=1S/C16H26FN3O/c1-19(10-13-5-4-8-20(13)2)11-15(18)12-6-7-16(21-3)14(17)9-12/h6-7,9,13,15H,4-5,8,10-11,18H2,1-3H3. The summed E-state index contributed by atoms with van der Waals surface area (Å²) in [5.41, 5.74) is 7.01. The van der Waals surface area contributed by atoms with E-state index in [2.05, 4.69) is 23.9 Å². The van der Waals surface area contributed by atoms with Crippen LogP contribution in [-0.4, -0.2) is 56.7 Å². The second kappa shape index (κ2) is 7.20. The van der Waals surface area contributed by atoms with Crippen LogP contribution in [0.15, 0.2) is 18.2 Å². The Hall–Kier alpha value is -1.17. The molecule has 0 spiro atoms. The molecule has 2 rings (SSSR count). The Labute approximate surface area is 126 Å². The second-order valence-corrected chi connectivity index (χ2v) is 6.00. The van der Waals surface area contributed by atoms with Crippen molar-refractivity contribution in [2.75, 3.05) is 40.8 Å². The third kappa shape index (κ3) is 4.15. The molecule has 4 nitrogen and oxygen atoms in total. The van der Waals surface area contributed by atoms with Crippen LogP contribution < -0.4 is 10.5 Å². The number of benzene rings is 1. The highest BCUT2D eigenvalue weighted by Gasteiger charge is 2.23. The first-order valence-electron chi connectivity index (χ1n) is 7.49. The fraction of sp³-hybridized carbons (Fsp3) is 0.625. The molecule has 0 aromatic heterocycles. The normalized spacial score (nSPS) is 21.0. The van der Waals surface area contributed by atoms with Crippen molar-refractivity contribution in [3.05, 3.63) is 29.6 Å². The lowest BCUT2D eigenvalue weighted by atomic mass is 10.1. The average Bonchev–Trinajstić information content (AvgIpc) is 2.84. The highest BCUT2D eigenvalue weighted by atomic mass is 19.1. The summed E-state index contributed by atoms with van der Waals surface area (Å²) < 4.78 is 18.7. The third-order valence-electron chi connectivity index (χ3n) is 4.31. The molecule has 1 aromatic carbocycles. The van der Waals surface area contributed by atoms with E-state index >= 15 is 0 Å². The summed E-state index contributed by atoms with van der Waals surface area (Å²) in [6.45, 7) is 2.90. The maximum absolute atomic E-state index is 13.7. The molecule has 118 valence electrons. The van der Waals surface area contributed by atoms with Crippen LogP contribution in [-0.2, 0) is 0 Å². The van der Waals surface area contributed by atoms with Crippen LogP contribution in [0.25, 0.3) is 0 Å². The zero-order chi connectivity index (χ0) is 15.4. The van der Waals surface area contributed by atoms with E-state index in [1.807, 2.05) is 6.07 Å². The number of hydrogen-bond acceptors (Lipinski definition) is 4. The summed E-state index contributed by atoms with van der Waals surface area (Å²) in [5, 5.41) is 0. The van der Waals surface area contributed by atoms with Crippen molar-refractivity contribution in [1.29, 1.82) is 0 Å². The van der Waals surface area contributed by atoms with Crippen molar-refractivity contribution in [2.45, 2.75) is 24.9 Å². The predicted molar refractivity (Wildman–Crippen MR) is 83.0 cm³/mol. The molecule has 1 aliphatic rings. The molecular formula is C16H26FN3O. The molecule has 2 N–H and O–H groups in total. The quantitative estimate of drug-likeness (QED) is 0.870. The maximum atomic E-state index is 13.7. The lowest BCUT2D eigenvalue weighted by molar-refractivity contribution is 0.213. The van der Waals surface area contributed by atoms with Gasteiger partial charge < -0.3 is 20.3 Å². The Morgan fingerprint density at radius 2 is 2.29 bits per heavy atom. The van der Waals surface area contributed by atoms with Gasteiger partial charge in [-0.25, -0.2) is 4.39 Å². The minimum Gasteiger partial charge on any atom is -0.494 e. The van der Waals surface area contributed by atoms with Gasteiger partial charge in [0.05, 0.1) is 7.11 Å². The van der Waals surface area contributed by atoms with Crippen LogP contribution in [0.4, 0.5) is 4.39 Å². The second-order valence-electron chi connectivity index (χ2n) is 6.00. The van der Waals surface area contributed by atoms with E-state index in [4.69, 9.17) is 10.5 Å². The first-order valence-corrected chi connectivity index (χ1v) is 7.49. The summed E-state index contributed by atoms with van der Waals surface area (Å²) in [4.78, 5) is 4.63. The number of hydrogen-bond donors (Lipinski definition) is 1. The number of likely N-dealkylation sites (N-methyl/N-ethyl adjacent to an activating group) is 2. The average molecular weight is 295 g/mol. The summed E-state index contributed by atoms with van der Waals surface area (Å²) in [5.74, 6) is -0.101. The van der Waals surface area contributed by atoms with Gasteiger partial charge in [-0.05, 0) is 51.2 Å². The summed E-state index contributed by atoms with van der Waals surface area (Å²) in [6, 6.07) is 5.35. The number of ether oxygens (including phenoxy) is 1. The van der Waals surface area contributed by atoms with Gasteiger partial charge in [0.1, 0.15) is 0 Å². The fourth-order valence-corrected chi connectivity index (χ4v) is 3.00. The molecule has 0 aliphatic carbocycles. The van der Waals surface area contributed by atoms with E-state index in [-0.39, 0.29) is 17.6 Å². The van der Waals surface area contributed by atoms with Crippen molar-refractivity contribution in [1.82, 2.24) is 9.80 Å². The molecule has 0 saturated carbocycles. The van der Waals surface area contributed by atoms with Crippen molar-refractivity contribution in [2.24, 2.45) is 5.73 Å². The van der Waals surface area contributed by atoms with E-state index in [0.717, 1.165) is 18.7 Å². The Bertz CT molecular complexity index is 469. The maximum Gasteiger partial charge on any atom is 0.165 e. The Morgan fingerprint density at radius 1 is 1.52 bits per heavy atom. The van der Waals surface area contributed by atoms with Crippen LogP contribution in [0.5, 0.6) is 5.75 Å². The number of nitrogens with two attached hydrogens (primary N) is 1. The zero-order valence-corrected chi connectivity index (χ0v) is 13.2. The summed E-state index contributed by atoms with van der Waals surface area (Å²) >= 11 is 0. The molecule has 1 fully saturated rings. The van der Waals surface area contributed by atoms with Crippen molar-refractivity contribution in [3.8, 4) is 5.75 Å².